The molecule has 1 heterocycles. The Morgan fingerprint density at radius 2 is 2.31 bits per heavy atom. The van der Waals surface area contributed by atoms with E-state index in [9.17, 15) is 4.79 Å². The summed E-state index contributed by atoms with van der Waals surface area (Å²) >= 11 is 0. The van der Waals surface area contributed by atoms with E-state index in [1.807, 2.05) is 13.0 Å². The molecule has 0 spiro atoms. The van der Waals surface area contributed by atoms with E-state index in [1.165, 1.54) is 6.20 Å². The quantitative estimate of drug-likeness (QED) is 0.823. The summed E-state index contributed by atoms with van der Waals surface area (Å²) in [6.07, 6.45) is 4.00. The summed E-state index contributed by atoms with van der Waals surface area (Å²) in [5, 5.41) is 11.3. The second-order valence-electron chi connectivity index (χ2n) is 3.48. The summed E-state index contributed by atoms with van der Waals surface area (Å²) in [7, 11) is 0. The number of amides is 1. The van der Waals surface area contributed by atoms with E-state index in [1.54, 1.807) is 13.1 Å². The van der Waals surface area contributed by atoms with Gasteiger partial charge in [0, 0.05) is 12.2 Å². The van der Waals surface area contributed by atoms with Crippen molar-refractivity contribution in [1.29, 1.82) is 5.26 Å². The second-order valence-corrected chi connectivity index (χ2v) is 3.48. The molecule has 0 fully saturated rings. The van der Waals surface area contributed by atoms with Gasteiger partial charge in [0.2, 0.25) is 0 Å². The summed E-state index contributed by atoms with van der Waals surface area (Å²) in [5.74, 6) is -0.283. The molecular weight excluding hydrogens is 204 g/mol. The first-order valence-corrected chi connectivity index (χ1v) is 5.13. The molecule has 16 heavy (non-hydrogen) atoms. The molecule has 0 radical (unpaired) electrons. The van der Waals surface area contributed by atoms with E-state index in [2.05, 4.69) is 15.3 Å². The fraction of sp³-hybridized carbons (Fsp3) is 0.455. The molecular formula is C11H14N4O. The lowest BCUT2D eigenvalue weighted by Gasteiger charge is -2.12. The number of nitrogens with one attached hydrogen (secondary N) is 1. The average molecular weight is 218 g/mol. The molecule has 0 aliphatic heterocycles. The summed E-state index contributed by atoms with van der Waals surface area (Å²) in [4.78, 5) is 19.6. The average Bonchev–Trinajstić information content (AvgIpc) is 2.29. The molecule has 1 unspecified atom stereocenters. The van der Waals surface area contributed by atoms with E-state index in [0.29, 0.717) is 6.42 Å². The highest BCUT2D eigenvalue weighted by molar-refractivity contribution is 5.92. The standard InChI is InChI=1S/C11H14N4O/c1-3-9(4-5-12)15-11(16)10-7-13-8(2)6-14-10/h6-7,9H,3-4H2,1-2H3,(H,15,16). The largest absolute Gasteiger partial charge is 0.347 e. The van der Waals surface area contributed by atoms with Crippen LogP contribution in [0.3, 0.4) is 0 Å². The molecule has 0 saturated carbocycles. The van der Waals surface area contributed by atoms with Crippen LogP contribution in [0.25, 0.3) is 0 Å². The Balaban J connectivity index is 2.65. The van der Waals surface area contributed by atoms with Gasteiger partial charge in [0.15, 0.2) is 0 Å². The van der Waals surface area contributed by atoms with Crippen molar-refractivity contribution in [2.45, 2.75) is 32.7 Å². The number of rotatable bonds is 4. The first kappa shape index (κ1) is 12.1. The van der Waals surface area contributed by atoms with Crippen molar-refractivity contribution in [3.8, 4) is 6.07 Å². The van der Waals surface area contributed by atoms with Crippen LogP contribution in [0, 0.1) is 18.3 Å². The van der Waals surface area contributed by atoms with Gasteiger partial charge in [0.1, 0.15) is 5.69 Å². The highest BCUT2D eigenvalue weighted by Gasteiger charge is 2.12. The molecule has 84 valence electrons. The van der Waals surface area contributed by atoms with Crippen LogP contribution in [-0.4, -0.2) is 21.9 Å². The van der Waals surface area contributed by atoms with Gasteiger partial charge in [-0.2, -0.15) is 5.26 Å². The van der Waals surface area contributed by atoms with E-state index < -0.39 is 0 Å². The van der Waals surface area contributed by atoms with Gasteiger partial charge in [0.05, 0.1) is 24.4 Å². The first-order chi connectivity index (χ1) is 7.67. The zero-order valence-electron chi connectivity index (χ0n) is 9.40. The molecule has 0 saturated heterocycles. The van der Waals surface area contributed by atoms with E-state index in [-0.39, 0.29) is 17.6 Å². The van der Waals surface area contributed by atoms with Crippen LogP contribution >= 0.6 is 0 Å². The fourth-order valence-corrected chi connectivity index (χ4v) is 1.18. The Morgan fingerprint density at radius 1 is 1.56 bits per heavy atom. The number of nitriles is 1. The SMILES string of the molecule is CCC(CC#N)NC(=O)c1cnc(C)cn1. The van der Waals surface area contributed by atoms with E-state index in [0.717, 1.165) is 12.1 Å². The summed E-state index contributed by atoms with van der Waals surface area (Å²) < 4.78 is 0. The van der Waals surface area contributed by atoms with Crippen molar-refractivity contribution in [3.05, 3.63) is 23.8 Å². The van der Waals surface area contributed by atoms with Gasteiger partial charge in [-0.25, -0.2) is 4.98 Å². The van der Waals surface area contributed by atoms with Crippen LogP contribution in [0.4, 0.5) is 0 Å². The lowest BCUT2D eigenvalue weighted by atomic mass is 10.1. The Hall–Kier alpha value is -1.96. The molecule has 0 aliphatic rings. The van der Waals surface area contributed by atoms with Crippen molar-refractivity contribution in [2.75, 3.05) is 0 Å². The minimum atomic E-state index is -0.283. The highest BCUT2D eigenvalue weighted by atomic mass is 16.1. The van der Waals surface area contributed by atoms with Crippen LogP contribution in [0.5, 0.6) is 0 Å². The zero-order chi connectivity index (χ0) is 12.0. The topological polar surface area (TPSA) is 78.7 Å². The number of aromatic nitrogens is 2. The molecule has 1 amide bonds. The number of aryl methyl sites for hydroxylation is 1. The maximum Gasteiger partial charge on any atom is 0.271 e. The zero-order valence-corrected chi connectivity index (χ0v) is 9.40. The van der Waals surface area contributed by atoms with Gasteiger partial charge in [0.25, 0.3) is 5.91 Å². The Bertz CT molecular complexity index is 393. The van der Waals surface area contributed by atoms with Crippen LogP contribution in [0.15, 0.2) is 12.4 Å². The number of hydrogen-bond acceptors (Lipinski definition) is 4. The Kier molecular flexibility index (Phi) is 4.40. The van der Waals surface area contributed by atoms with Crippen molar-refractivity contribution < 1.29 is 4.79 Å². The molecule has 1 aromatic rings. The minimum absolute atomic E-state index is 0.124. The molecule has 1 N–H and O–H groups in total. The van der Waals surface area contributed by atoms with Crippen molar-refractivity contribution in [2.24, 2.45) is 0 Å². The maximum absolute atomic E-state index is 11.7. The molecule has 5 heteroatoms. The number of hydrogen-bond donors (Lipinski definition) is 1. The number of carbonyl (C=O) groups excluding carboxylic acids is 1. The van der Waals surface area contributed by atoms with E-state index >= 15 is 0 Å². The third kappa shape index (κ3) is 3.31. The molecule has 1 rings (SSSR count). The predicted molar refractivity (Wildman–Crippen MR) is 58.5 cm³/mol. The molecule has 1 aromatic heterocycles. The molecule has 1 atom stereocenters. The van der Waals surface area contributed by atoms with Gasteiger partial charge < -0.3 is 5.32 Å². The first-order valence-electron chi connectivity index (χ1n) is 5.13. The van der Waals surface area contributed by atoms with Crippen LogP contribution in [-0.2, 0) is 0 Å². The second kappa shape index (κ2) is 5.81. The molecule has 0 aliphatic carbocycles. The van der Waals surface area contributed by atoms with Crippen molar-refractivity contribution in [1.82, 2.24) is 15.3 Å². The lowest BCUT2D eigenvalue weighted by Crippen LogP contribution is -2.34. The van der Waals surface area contributed by atoms with E-state index in [4.69, 9.17) is 5.26 Å². The molecule has 0 aromatic carbocycles. The third-order valence-corrected chi connectivity index (χ3v) is 2.18. The Morgan fingerprint density at radius 3 is 2.81 bits per heavy atom. The Labute approximate surface area is 94.5 Å². The summed E-state index contributed by atoms with van der Waals surface area (Å²) in [6.45, 7) is 3.72. The summed E-state index contributed by atoms with van der Waals surface area (Å²) in [5.41, 5.74) is 1.04. The monoisotopic (exact) mass is 218 g/mol. The van der Waals surface area contributed by atoms with Crippen molar-refractivity contribution >= 4 is 5.91 Å². The molecule has 0 bridgehead atoms. The predicted octanol–water partition coefficient (Wildman–Crippen LogP) is 1.21. The van der Waals surface area contributed by atoms with Crippen LogP contribution < -0.4 is 5.32 Å². The number of nitrogens with zero attached hydrogens (tertiary/aromatic N) is 3. The van der Waals surface area contributed by atoms with Crippen molar-refractivity contribution in [3.63, 3.8) is 0 Å². The van der Waals surface area contributed by atoms with Gasteiger partial charge in [-0.3, -0.25) is 9.78 Å². The van der Waals surface area contributed by atoms with Gasteiger partial charge in [-0.1, -0.05) is 6.92 Å². The fourth-order valence-electron chi connectivity index (χ4n) is 1.18. The van der Waals surface area contributed by atoms with Gasteiger partial charge in [-0.05, 0) is 13.3 Å². The normalized spacial score (nSPS) is 11.6. The van der Waals surface area contributed by atoms with Gasteiger partial charge >= 0.3 is 0 Å². The molecule has 5 nitrogen and oxygen atoms in total. The van der Waals surface area contributed by atoms with Crippen LogP contribution in [0.2, 0.25) is 0 Å². The minimum Gasteiger partial charge on any atom is -0.347 e. The van der Waals surface area contributed by atoms with Gasteiger partial charge in [-0.15, -0.1) is 0 Å². The smallest absolute Gasteiger partial charge is 0.271 e. The highest BCUT2D eigenvalue weighted by Crippen LogP contribution is 1.99. The maximum atomic E-state index is 11.7. The van der Waals surface area contributed by atoms with Crippen LogP contribution in [0.1, 0.15) is 35.9 Å². The number of carbonyl (C=O) groups is 1. The summed E-state index contributed by atoms with van der Waals surface area (Å²) in [6, 6.07) is 1.91. The third-order valence-electron chi connectivity index (χ3n) is 2.18. The lowest BCUT2D eigenvalue weighted by molar-refractivity contribution is 0.0931.